The molecule has 0 bridgehead atoms. The Labute approximate surface area is 108 Å². The van der Waals surface area contributed by atoms with Crippen LogP contribution in [0.5, 0.6) is 0 Å². The van der Waals surface area contributed by atoms with Crippen LogP contribution < -0.4 is 5.73 Å². The quantitative estimate of drug-likeness (QED) is 0.725. The van der Waals surface area contributed by atoms with E-state index in [2.05, 4.69) is 0 Å². The number of rotatable bonds is 1. The number of nitrogens with zero attached hydrogens (tertiary/aromatic N) is 2. The first-order chi connectivity index (χ1) is 8.58. The molecule has 5 heteroatoms. The first-order valence-corrected chi connectivity index (χ1v) is 6.88. The van der Waals surface area contributed by atoms with E-state index in [0.717, 1.165) is 25.7 Å². The van der Waals surface area contributed by atoms with Gasteiger partial charge in [0, 0.05) is 45.1 Å². The molecular formula is C13H23N3O2. The lowest BCUT2D eigenvalue weighted by Gasteiger charge is -2.37. The van der Waals surface area contributed by atoms with Gasteiger partial charge in [0.05, 0.1) is 0 Å². The Balaban J connectivity index is 1.85. The fourth-order valence-corrected chi connectivity index (χ4v) is 2.95. The largest absolute Gasteiger partial charge is 0.339 e. The second-order valence-corrected chi connectivity index (χ2v) is 5.45. The van der Waals surface area contributed by atoms with Crippen LogP contribution in [0.3, 0.4) is 0 Å². The molecular weight excluding hydrogens is 230 g/mol. The molecule has 2 atom stereocenters. The third kappa shape index (κ3) is 3.02. The number of amides is 2. The molecule has 0 aromatic carbocycles. The van der Waals surface area contributed by atoms with Crippen molar-refractivity contribution >= 4 is 11.8 Å². The van der Waals surface area contributed by atoms with E-state index < -0.39 is 0 Å². The number of hydrogen-bond donors (Lipinski definition) is 1. The fraction of sp³-hybridized carbons (Fsp3) is 0.846. The van der Waals surface area contributed by atoms with E-state index in [-0.39, 0.29) is 23.8 Å². The molecule has 2 amide bonds. The van der Waals surface area contributed by atoms with Crippen LogP contribution in [0.2, 0.25) is 0 Å². The Bertz CT molecular complexity index is 324. The molecule has 0 aromatic rings. The molecule has 1 heterocycles. The minimum absolute atomic E-state index is 0.0989. The maximum Gasteiger partial charge on any atom is 0.225 e. The van der Waals surface area contributed by atoms with Gasteiger partial charge in [0.1, 0.15) is 0 Å². The molecule has 1 aliphatic carbocycles. The van der Waals surface area contributed by atoms with Crippen molar-refractivity contribution in [1.29, 1.82) is 0 Å². The zero-order valence-electron chi connectivity index (χ0n) is 11.1. The molecule has 5 nitrogen and oxygen atoms in total. The maximum atomic E-state index is 12.3. The van der Waals surface area contributed by atoms with Gasteiger partial charge < -0.3 is 15.5 Å². The van der Waals surface area contributed by atoms with Gasteiger partial charge in [-0.3, -0.25) is 9.59 Å². The lowest BCUT2D eigenvalue weighted by molar-refractivity contribution is -0.142. The van der Waals surface area contributed by atoms with Gasteiger partial charge >= 0.3 is 0 Å². The minimum Gasteiger partial charge on any atom is -0.339 e. The Kier molecular flexibility index (Phi) is 4.22. The molecule has 18 heavy (non-hydrogen) atoms. The summed E-state index contributed by atoms with van der Waals surface area (Å²) in [6.45, 7) is 4.26. The summed E-state index contributed by atoms with van der Waals surface area (Å²) in [5.74, 6) is 0.452. The fourth-order valence-electron chi connectivity index (χ4n) is 2.95. The van der Waals surface area contributed by atoms with Crippen LogP contribution in [0.25, 0.3) is 0 Å². The first kappa shape index (κ1) is 13.3. The summed E-state index contributed by atoms with van der Waals surface area (Å²) in [5, 5.41) is 0. The number of carbonyl (C=O) groups excluding carboxylic acids is 2. The van der Waals surface area contributed by atoms with Crippen LogP contribution in [0.4, 0.5) is 0 Å². The van der Waals surface area contributed by atoms with E-state index >= 15 is 0 Å². The third-order valence-corrected chi connectivity index (χ3v) is 4.10. The summed E-state index contributed by atoms with van der Waals surface area (Å²) in [5.41, 5.74) is 5.93. The average Bonchev–Trinajstić information content (AvgIpc) is 2.38. The highest BCUT2D eigenvalue weighted by atomic mass is 16.2. The van der Waals surface area contributed by atoms with E-state index in [1.165, 1.54) is 0 Å². The molecule has 0 radical (unpaired) electrons. The Morgan fingerprint density at radius 3 is 2.22 bits per heavy atom. The van der Waals surface area contributed by atoms with Crippen molar-refractivity contribution in [1.82, 2.24) is 9.80 Å². The number of hydrogen-bond acceptors (Lipinski definition) is 3. The van der Waals surface area contributed by atoms with Crippen LogP contribution in [0.15, 0.2) is 0 Å². The van der Waals surface area contributed by atoms with Gasteiger partial charge in [-0.2, -0.15) is 0 Å². The van der Waals surface area contributed by atoms with Gasteiger partial charge in [-0.25, -0.2) is 0 Å². The van der Waals surface area contributed by atoms with Gasteiger partial charge in [-0.15, -0.1) is 0 Å². The molecule has 2 rings (SSSR count). The van der Waals surface area contributed by atoms with Crippen LogP contribution in [0.1, 0.15) is 32.6 Å². The van der Waals surface area contributed by atoms with Crippen molar-refractivity contribution < 1.29 is 9.59 Å². The van der Waals surface area contributed by atoms with Gasteiger partial charge in [0.15, 0.2) is 0 Å². The molecule has 2 fully saturated rings. The second kappa shape index (κ2) is 5.69. The second-order valence-electron chi connectivity index (χ2n) is 5.45. The number of piperazine rings is 1. The highest BCUT2D eigenvalue weighted by Gasteiger charge is 2.30. The van der Waals surface area contributed by atoms with E-state index in [1.54, 1.807) is 11.8 Å². The predicted octanol–water partition coefficient (Wildman–Crippen LogP) is 0.195. The van der Waals surface area contributed by atoms with Crippen LogP contribution in [-0.4, -0.2) is 53.8 Å². The molecule has 0 spiro atoms. The predicted molar refractivity (Wildman–Crippen MR) is 68.8 cm³/mol. The Morgan fingerprint density at radius 2 is 1.67 bits per heavy atom. The Hall–Kier alpha value is -1.10. The smallest absolute Gasteiger partial charge is 0.225 e. The summed E-state index contributed by atoms with van der Waals surface area (Å²) in [6.07, 6.45) is 3.90. The van der Waals surface area contributed by atoms with Gasteiger partial charge in [-0.05, 0) is 19.3 Å². The van der Waals surface area contributed by atoms with Crippen molar-refractivity contribution in [3.05, 3.63) is 0 Å². The monoisotopic (exact) mass is 253 g/mol. The summed E-state index contributed by atoms with van der Waals surface area (Å²) in [7, 11) is 0. The molecule has 2 aliphatic rings. The first-order valence-electron chi connectivity index (χ1n) is 6.88. The van der Waals surface area contributed by atoms with Crippen LogP contribution in [-0.2, 0) is 9.59 Å². The minimum atomic E-state index is 0.0989. The molecule has 0 aromatic heterocycles. The summed E-state index contributed by atoms with van der Waals surface area (Å²) >= 11 is 0. The van der Waals surface area contributed by atoms with E-state index in [0.29, 0.717) is 26.2 Å². The SMILES string of the molecule is CC(=O)N1CCN(C(=O)[C@@H]2CCC[C@H](N)C2)CC1. The number of nitrogens with two attached hydrogens (primary N) is 1. The van der Waals surface area contributed by atoms with Gasteiger partial charge in [0.2, 0.25) is 11.8 Å². The standard InChI is InChI=1S/C13H23N3O2/c1-10(17)15-5-7-16(8-6-15)13(18)11-3-2-4-12(14)9-11/h11-12H,2-9,14H2,1H3/t11-,12+/m1/s1. The summed E-state index contributed by atoms with van der Waals surface area (Å²) < 4.78 is 0. The summed E-state index contributed by atoms with van der Waals surface area (Å²) in [4.78, 5) is 27.3. The van der Waals surface area contributed by atoms with Crippen LogP contribution in [0, 0.1) is 5.92 Å². The van der Waals surface area contributed by atoms with Gasteiger partial charge in [-0.1, -0.05) is 6.42 Å². The lowest BCUT2D eigenvalue weighted by Crippen LogP contribution is -2.52. The van der Waals surface area contributed by atoms with Crippen molar-refractivity contribution in [2.24, 2.45) is 11.7 Å². The topological polar surface area (TPSA) is 66.6 Å². The van der Waals surface area contributed by atoms with E-state index in [9.17, 15) is 9.59 Å². The normalized spacial score (nSPS) is 29.2. The van der Waals surface area contributed by atoms with E-state index in [1.807, 2.05) is 4.90 Å². The average molecular weight is 253 g/mol. The molecule has 0 unspecified atom stereocenters. The molecule has 2 N–H and O–H groups in total. The van der Waals surface area contributed by atoms with Crippen molar-refractivity contribution in [2.75, 3.05) is 26.2 Å². The zero-order valence-corrected chi connectivity index (χ0v) is 11.1. The molecule has 1 saturated heterocycles. The zero-order chi connectivity index (χ0) is 13.1. The van der Waals surface area contributed by atoms with Crippen molar-refractivity contribution in [3.63, 3.8) is 0 Å². The third-order valence-electron chi connectivity index (χ3n) is 4.10. The highest BCUT2D eigenvalue weighted by Crippen LogP contribution is 2.25. The molecule has 102 valence electrons. The lowest BCUT2D eigenvalue weighted by atomic mass is 9.85. The van der Waals surface area contributed by atoms with Crippen molar-refractivity contribution in [3.8, 4) is 0 Å². The van der Waals surface area contributed by atoms with Crippen molar-refractivity contribution in [2.45, 2.75) is 38.6 Å². The molecule has 1 saturated carbocycles. The van der Waals surface area contributed by atoms with Crippen LogP contribution >= 0.6 is 0 Å². The molecule has 1 aliphatic heterocycles. The van der Waals surface area contributed by atoms with Gasteiger partial charge in [0.25, 0.3) is 0 Å². The number of carbonyl (C=O) groups is 2. The van der Waals surface area contributed by atoms with E-state index in [4.69, 9.17) is 5.73 Å². The summed E-state index contributed by atoms with van der Waals surface area (Å²) in [6, 6.07) is 0.186. The maximum absolute atomic E-state index is 12.3. The Morgan fingerprint density at radius 1 is 1.06 bits per heavy atom. The highest BCUT2D eigenvalue weighted by molar-refractivity contribution is 5.79.